The number of hydrogen-bond acceptors (Lipinski definition) is 3. The van der Waals surface area contributed by atoms with Crippen LogP contribution in [0.15, 0.2) is 30.3 Å². The molecule has 1 aliphatic heterocycles. The van der Waals surface area contributed by atoms with E-state index in [1.165, 1.54) is 5.56 Å². The maximum atomic E-state index is 12.3. The average molecular weight is 320 g/mol. The van der Waals surface area contributed by atoms with E-state index in [2.05, 4.69) is 17.4 Å². The highest BCUT2D eigenvalue weighted by Gasteiger charge is 2.48. The second kappa shape index (κ2) is 7.32. The highest BCUT2D eigenvalue weighted by molar-refractivity contribution is 5.74. The summed E-state index contributed by atoms with van der Waals surface area (Å²) in [6, 6.07) is 10.0. The summed E-state index contributed by atoms with van der Waals surface area (Å²) in [6.07, 6.45) is 1.34. The molecule has 0 radical (unpaired) electrons. The van der Waals surface area contributed by atoms with Crippen LogP contribution in [0.1, 0.15) is 25.8 Å². The molecule has 2 rings (SSSR count). The zero-order chi connectivity index (χ0) is 16.9. The number of nitrogens with one attached hydrogen (secondary N) is 1. The summed E-state index contributed by atoms with van der Waals surface area (Å²) in [5.41, 5.74) is -0.0816. The highest BCUT2D eigenvalue weighted by Crippen LogP contribution is 2.38. The third-order valence-electron chi connectivity index (χ3n) is 4.84. The van der Waals surface area contributed by atoms with Crippen molar-refractivity contribution in [1.29, 1.82) is 0 Å². The molecule has 5 nitrogen and oxygen atoms in total. The lowest BCUT2D eigenvalue weighted by Crippen LogP contribution is -2.61. The van der Waals surface area contributed by atoms with Gasteiger partial charge in [-0.15, -0.1) is 0 Å². The Hall–Kier alpha value is -1.59. The number of amides is 2. The minimum Gasteiger partial charge on any atom is -0.387 e. The van der Waals surface area contributed by atoms with E-state index in [1.807, 2.05) is 32.0 Å². The number of rotatable bonds is 5. The molecule has 1 aromatic carbocycles. The smallest absolute Gasteiger partial charge is 0.317 e. The van der Waals surface area contributed by atoms with Crippen LogP contribution in [-0.2, 0) is 11.2 Å². The minimum atomic E-state index is -0.886. The molecule has 5 heteroatoms. The second-order valence-corrected chi connectivity index (χ2v) is 6.99. The van der Waals surface area contributed by atoms with Gasteiger partial charge in [0.15, 0.2) is 0 Å². The van der Waals surface area contributed by atoms with Crippen LogP contribution in [0.4, 0.5) is 4.79 Å². The Morgan fingerprint density at radius 2 is 2.04 bits per heavy atom. The number of urea groups is 1. The quantitative estimate of drug-likeness (QED) is 0.873. The normalized spacial score (nSPS) is 23.6. The summed E-state index contributed by atoms with van der Waals surface area (Å²) in [6.45, 7) is 5.93. The van der Waals surface area contributed by atoms with Crippen molar-refractivity contribution < 1.29 is 14.6 Å². The SMILES string of the molecule is COC[C@]1(O)CCN(C(=O)NCCc2ccccc2)CC1(C)C. The zero-order valence-electron chi connectivity index (χ0n) is 14.3. The highest BCUT2D eigenvalue weighted by atomic mass is 16.5. The molecule has 1 heterocycles. The van der Waals surface area contributed by atoms with Gasteiger partial charge in [0.25, 0.3) is 0 Å². The number of carbonyl (C=O) groups excluding carboxylic acids is 1. The summed E-state index contributed by atoms with van der Waals surface area (Å²) in [5.74, 6) is 0. The van der Waals surface area contributed by atoms with Gasteiger partial charge in [-0.25, -0.2) is 4.79 Å². The molecule has 2 N–H and O–H groups in total. The van der Waals surface area contributed by atoms with Crippen LogP contribution < -0.4 is 5.32 Å². The summed E-state index contributed by atoms with van der Waals surface area (Å²) >= 11 is 0. The number of methoxy groups -OCH3 is 1. The van der Waals surface area contributed by atoms with Crippen LogP contribution in [0.25, 0.3) is 0 Å². The van der Waals surface area contributed by atoms with Gasteiger partial charge in [-0.3, -0.25) is 0 Å². The van der Waals surface area contributed by atoms with Crippen molar-refractivity contribution in [1.82, 2.24) is 10.2 Å². The lowest BCUT2D eigenvalue weighted by atomic mass is 9.70. The number of likely N-dealkylation sites (tertiary alicyclic amines) is 1. The van der Waals surface area contributed by atoms with Crippen molar-refractivity contribution in [2.45, 2.75) is 32.3 Å². The van der Waals surface area contributed by atoms with Crippen molar-refractivity contribution in [2.75, 3.05) is 33.4 Å². The van der Waals surface area contributed by atoms with Crippen LogP contribution in [0.3, 0.4) is 0 Å². The fourth-order valence-electron chi connectivity index (χ4n) is 3.11. The number of nitrogens with zero attached hydrogens (tertiary/aromatic N) is 1. The van der Waals surface area contributed by atoms with Gasteiger partial charge in [0, 0.05) is 32.2 Å². The Bertz CT molecular complexity index is 518. The van der Waals surface area contributed by atoms with E-state index in [0.717, 1.165) is 6.42 Å². The average Bonchev–Trinajstić information content (AvgIpc) is 2.51. The lowest BCUT2D eigenvalue weighted by molar-refractivity contribution is -0.143. The Balaban J connectivity index is 1.84. The number of carbonyl (C=O) groups is 1. The van der Waals surface area contributed by atoms with E-state index < -0.39 is 11.0 Å². The molecule has 128 valence electrons. The molecule has 0 spiro atoms. The van der Waals surface area contributed by atoms with Crippen molar-refractivity contribution in [2.24, 2.45) is 5.41 Å². The Kier molecular flexibility index (Phi) is 5.65. The maximum absolute atomic E-state index is 12.3. The fraction of sp³-hybridized carbons (Fsp3) is 0.611. The van der Waals surface area contributed by atoms with Gasteiger partial charge in [0.2, 0.25) is 0 Å². The third-order valence-corrected chi connectivity index (χ3v) is 4.84. The summed E-state index contributed by atoms with van der Waals surface area (Å²) in [7, 11) is 1.59. The lowest BCUT2D eigenvalue weighted by Gasteiger charge is -2.49. The van der Waals surface area contributed by atoms with Crippen LogP contribution in [-0.4, -0.2) is 55.0 Å². The molecule has 0 unspecified atom stereocenters. The van der Waals surface area contributed by atoms with E-state index in [4.69, 9.17) is 4.74 Å². The van der Waals surface area contributed by atoms with Crippen molar-refractivity contribution >= 4 is 6.03 Å². The molecule has 1 fully saturated rings. The first-order valence-electron chi connectivity index (χ1n) is 8.16. The Morgan fingerprint density at radius 3 is 2.65 bits per heavy atom. The van der Waals surface area contributed by atoms with Crippen molar-refractivity contribution in [3.63, 3.8) is 0 Å². The fourth-order valence-corrected chi connectivity index (χ4v) is 3.11. The van der Waals surface area contributed by atoms with Crippen LogP contribution >= 0.6 is 0 Å². The zero-order valence-corrected chi connectivity index (χ0v) is 14.3. The van der Waals surface area contributed by atoms with E-state index in [9.17, 15) is 9.90 Å². The number of piperidine rings is 1. The molecule has 1 atom stereocenters. The van der Waals surface area contributed by atoms with Gasteiger partial charge in [-0.1, -0.05) is 44.2 Å². The van der Waals surface area contributed by atoms with Crippen molar-refractivity contribution in [3.05, 3.63) is 35.9 Å². The first-order valence-corrected chi connectivity index (χ1v) is 8.16. The molecule has 0 saturated carbocycles. The molecule has 1 saturated heterocycles. The summed E-state index contributed by atoms with van der Waals surface area (Å²) in [5, 5.41) is 13.7. The standard InChI is InChI=1S/C18H28N2O3/c1-17(2)13-20(12-10-18(17,22)14-23-3)16(21)19-11-9-15-7-5-4-6-8-15/h4-8,22H,9-14H2,1-3H3,(H,19,21)/t18-/m1/s1. The van der Waals surface area contributed by atoms with Crippen LogP contribution in [0.2, 0.25) is 0 Å². The number of benzene rings is 1. The molecule has 1 aromatic rings. The summed E-state index contributed by atoms with van der Waals surface area (Å²) in [4.78, 5) is 14.1. The second-order valence-electron chi connectivity index (χ2n) is 6.99. The van der Waals surface area contributed by atoms with Crippen molar-refractivity contribution in [3.8, 4) is 0 Å². The minimum absolute atomic E-state index is 0.0616. The molecule has 1 aliphatic rings. The van der Waals surface area contributed by atoms with E-state index in [-0.39, 0.29) is 6.03 Å². The van der Waals surface area contributed by atoms with E-state index >= 15 is 0 Å². The van der Waals surface area contributed by atoms with Gasteiger partial charge >= 0.3 is 6.03 Å². The molecule has 23 heavy (non-hydrogen) atoms. The van der Waals surface area contributed by atoms with Gasteiger partial charge < -0.3 is 20.1 Å². The van der Waals surface area contributed by atoms with E-state index in [0.29, 0.717) is 32.7 Å². The molecule has 0 aromatic heterocycles. The monoisotopic (exact) mass is 320 g/mol. The molecule has 0 bridgehead atoms. The third kappa shape index (κ3) is 4.24. The molecular weight excluding hydrogens is 292 g/mol. The Morgan fingerprint density at radius 1 is 1.35 bits per heavy atom. The van der Waals surface area contributed by atoms with Gasteiger partial charge in [0.1, 0.15) is 0 Å². The van der Waals surface area contributed by atoms with E-state index in [1.54, 1.807) is 12.0 Å². The maximum Gasteiger partial charge on any atom is 0.317 e. The predicted octanol–water partition coefficient (Wildman–Crippen LogP) is 2.05. The first-order chi connectivity index (χ1) is 10.9. The molecular formula is C18H28N2O3. The van der Waals surface area contributed by atoms with Gasteiger partial charge in [-0.05, 0) is 18.4 Å². The summed E-state index contributed by atoms with van der Waals surface area (Å²) < 4.78 is 5.16. The predicted molar refractivity (Wildman–Crippen MR) is 90.3 cm³/mol. The molecule has 2 amide bonds. The number of hydrogen-bond donors (Lipinski definition) is 2. The largest absolute Gasteiger partial charge is 0.387 e. The molecule has 0 aliphatic carbocycles. The van der Waals surface area contributed by atoms with Crippen LogP contribution in [0, 0.1) is 5.41 Å². The number of aliphatic hydroxyl groups is 1. The topological polar surface area (TPSA) is 61.8 Å². The number of ether oxygens (including phenoxy) is 1. The first kappa shape index (κ1) is 17.8. The van der Waals surface area contributed by atoms with Gasteiger partial charge in [0.05, 0.1) is 12.2 Å². The Labute approximate surface area is 138 Å². The van der Waals surface area contributed by atoms with Gasteiger partial charge in [-0.2, -0.15) is 0 Å². The van der Waals surface area contributed by atoms with Crippen LogP contribution in [0.5, 0.6) is 0 Å².